The van der Waals surface area contributed by atoms with Crippen LogP contribution in [0.25, 0.3) is 33.1 Å². The maximum Gasteiger partial charge on any atom is 0.148 e. The zero-order valence-electron chi connectivity index (χ0n) is 11.5. The van der Waals surface area contributed by atoms with Gasteiger partial charge in [-0.25, -0.2) is 4.39 Å². The number of fused-ring (bicyclic) bond motifs is 3. The fourth-order valence-electron chi connectivity index (χ4n) is 2.73. The molecule has 22 heavy (non-hydrogen) atoms. The molecule has 0 fully saturated rings. The lowest BCUT2D eigenvalue weighted by Gasteiger charge is -2.04. The minimum Gasteiger partial charge on any atom is -0.456 e. The summed E-state index contributed by atoms with van der Waals surface area (Å²) < 4.78 is 20.1. The molecule has 0 saturated heterocycles. The number of halogens is 1. The summed E-state index contributed by atoms with van der Waals surface area (Å²) in [5.41, 5.74) is 2.78. The van der Waals surface area contributed by atoms with Crippen molar-refractivity contribution in [1.82, 2.24) is 0 Å². The van der Waals surface area contributed by atoms with Gasteiger partial charge in [-0.05, 0) is 29.8 Å². The summed E-state index contributed by atoms with van der Waals surface area (Å²) in [6.45, 7) is 0. The lowest BCUT2D eigenvalue weighted by Crippen LogP contribution is -1.88. The van der Waals surface area contributed by atoms with Crippen molar-refractivity contribution in [2.75, 3.05) is 0 Å². The number of para-hydroxylation sites is 1. The predicted octanol–water partition coefficient (Wildman–Crippen LogP) is 5.26. The van der Waals surface area contributed by atoms with Crippen LogP contribution in [0.15, 0.2) is 65.1 Å². The summed E-state index contributed by atoms with van der Waals surface area (Å²) >= 11 is 0. The predicted molar refractivity (Wildman–Crippen MR) is 83.8 cm³/mol. The number of nitriles is 1. The SMILES string of the molecule is N#Cc1cccc(-c2ccc3oc4ccccc4c3c2)c1F. The molecule has 4 rings (SSSR count). The van der Waals surface area contributed by atoms with Crippen LogP contribution >= 0.6 is 0 Å². The van der Waals surface area contributed by atoms with Gasteiger partial charge in [-0.15, -0.1) is 0 Å². The summed E-state index contributed by atoms with van der Waals surface area (Å²) in [5, 5.41) is 10.9. The third kappa shape index (κ3) is 1.78. The molecule has 0 aliphatic heterocycles. The van der Waals surface area contributed by atoms with Crippen molar-refractivity contribution in [2.45, 2.75) is 0 Å². The number of hydrogen-bond acceptors (Lipinski definition) is 2. The van der Waals surface area contributed by atoms with Crippen LogP contribution < -0.4 is 0 Å². The number of benzene rings is 3. The lowest BCUT2D eigenvalue weighted by atomic mass is 10.0. The van der Waals surface area contributed by atoms with Gasteiger partial charge >= 0.3 is 0 Å². The third-order valence-corrected chi connectivity index (χ3v) is 3.81. The van der Waals surface area contributed by atoms with E-state index in [4.69, 9.17) is 9.68 Å². The van der Waals surface area contributed by atoms with Gasteiger partial charge < -0.3 is 4.42 Å². The summed E-state index contributed by atoms with van der Waals surface area (Å²) in [5.74, 6) is -0.489. The minimum absolute atomic E-state index is 0.0506. The monoisotopic (exact) mass is 287 g/mol. The fraction of sp³-hybridized carbons (Fsp3) is 0. The zero-order chi connectivity index (χ0) is 15.1. The van der Waals surface area contributed by atoms with Crippen LogP contribution in [0.3, 0.4) is 0 Å². The topological polar surface area (TPSA) is 36.9 Å². The Labute approximate surface area is 126 Å². The van der Waals surface area contributed by atoms with E-state index in [1.54, 1.807) is 12.1 Å². The van der Waals surface area contributed by atoms with Crippen molar-refractivity contribution in [3.8, 4) is 17.2 Å². The van der Waals surface area contributed by atoms with Gasteiger partial charge in [0.25, 0.3) is 0 Å². The molecule has 0 unspecified atom stereocenters. The molecule has 0 bridgehead atoms. The highest BCUT2D eigenvalue weighted by atomic mass is 19.1. The van der Waals surface area contributed by atoms with Gasteiger partial charge in [0.2, 0.25) is 0 Å². The zero-order valence-corrected chi connectivity index (χ0v) is 11.5. The maximum atomic E-state index is 14.4. The van der Waals surface area contributed by atoms with E-state index < -0.39 is 5.82 Å². The average Bonchev–Trinajstić information content (AvgIpc) is 2.93. The van der Waals surface area contributed by atoms with Gasteiger partial charge in [0.05, 0.1) is 5.56 Å². The third-order valence-electron chi connectivity index (χ3n) is 3.81. The van der Waals surface area contributed by atoms with Crippen LogP contribution in [0.1, 0.15) is 5.56 Å². The first-order chi connectivity index (χ1) is 10.8. The van der Waals surface area contributed by atoms with Gasteiger partial charge in [0.1, 0.15) is 23.1 Å². The Kier molecular flexibility index (Phi) is 2.70. The van der Waals surface area contributed by atoms with E-state index in [-0.39, 0.29) is 5.56 Å². The molecule has 0 spiro atoms. The molecule has 4 aromatic rings. The van der Waals surface area contributed by atoms with Gasteiger partial charge in [-0.1, -0.05) is 36.4 Å². The lowest BCUT2D eigenvalue weighted by molar-refractivity contribution is 0.627. The molecule has 2 nitrogen and oxygen atoms in total. The molecule has 0 amide bonds. The normalized spacial score (nSPS) is 10.9. The standard InChI is InChI=1S/C19H10FNO/c20-19-13(11-21)4-3-6-14(19)12-8-9-18-16(10-12)15-5-1-2-7-17(15)22-18/h1-10H. The fourth-order valence-corrected chi connectivity index (χ4v) is 2.73. The van der Waals surface area contributed by atoms with E-state index in [2.05, 4.69) is 0 Å². The Morgan fingerprint density at radius 2 is 1.68 bits per heavy atom. The van der Waals surface area contributed by atoms with Crippen LogP contribution in [0, 0.1) is 17.1 Å². The minimum atomic E-state index is -0.489. The van der Waals surface area contributed by atoms with Crippen molar-refractivity contribution in [2.24, 2.45) is 0 Å². The second kappa shape index (κ2) is 4.71. The number of furan rings is 1. The van der Waals surface area contributed by atoms with E-state index in [9.17, 15) is 4.39 Å². The Balaban J connectivity index is 2.01. The molecular formula is C19H10FNO. The van der Waals surface area contributed by atoms with Crippen molar-refractivity contribution < 1.29 is 8.81 Å². The molecular weight excluding hydrogens is 277 g/mol. The summed E-state index contributed by atoms with van der Waals surface area (Å²) in [4.78, 5) is 0. The van der Waals surface area contributed by atoms with E-state index in [1.165, 1.54) is 6.07 Å². The Morgan fingerprint density at radius 1 is 0.864 bits per heavy atom. The van der Waals surface area contributed by atoms with Gasteiger partial charge in [-0.3, -0.25) is 0 Å². The van der Waals surface area contributed by atoms with Crippen LogP contribution in [-0.4, -0.2) is 0 Å². The first-order valence-electron chi connectivity index (χ1n) is 6.88. The molecule has 0 aliphatic rings. The van der Waals surface area contributed by atoms with E-state index in [0.717, 1.165) is 27.5 Å². The van der Waals surface area contributed by atoms with Crippen molar-refractivity contribution in [3.63, 3.8) is 0 Å². The van der Waals surface area contributed by atoms with Gasteiger partial charge in [-0.2, -0.15) is 5.26 Å². The highest BCUT2D eigenvalue weighted by Gasteiger charge is 2.12. The molecule has 3 heteroatoms. The highest BCUT2D eigenvalue weighted by molar-refractivity contribution is 6.06. The quantitative estimate of drug-likeness (QED) is 0.478. The van der Waals surface area contributed by atoms with Crippen LogP contribution in [-0.2, 0) is 0 Å². The molecule has 3 aromatic carbocycles. The average molecular weight is 287 g/mol. The molecule has 0 N–H and O–H groups in total. The molecule has 1 heterocycles. The number of rotatable bonds is 1. The molecule has 0 radical (unpaired) electrons. The second-order valence-electron chi connectivity index (χ2n) is 5.09. The maximum absolute atomic E-state index is 14.4. The summed E-state index contributed by atoms with van der Waals surface area (Å²) in [7, 11) is 0. The van der Waals surface area contributed by atoms with Crippen LogP contribution in [0.2, 0.25) is 0 Å². The Morgan fingerprint density at radius 3 is 2.55 bits per heavy atom. The first kappa shape index (κ1) is 12.6. The van der Waals surface area contributed by atoms with E-state index >= 15 is 0 Å². The molecule has 0 aliphatic carbocycles. The number of nitrogens with zero attached hydrogens (tertiary/aromatic N) is 1. The highest BCUT2D eigenvalue weighted by Crippen LogP contribution is 2.33. The summed E-state index contributed by atoms with van der Waals surface area (Å²) in [6, 6.07) is 20.0. The molecule has 0 atom stereocenters. The van der Waals surface area contributed by atoms with Crippen molar-refractivity contribution in [3.05, 3.63) is 72.0 Å². The van der Waals surface area contributed by atoms with Crippen LogP contribution in [0.5, 0.6) is 0 Å². The Bertz CT molecular complexity index is 1060. The van der Waals surface area contributed by atoms with E-state index in [0.29, 0.717) is 5.56 Å². The molecule has 1 aromatic heterocycles. The Hall–Kier alpha value is -3.12. The van der Waals surface area contributed by atoms with E-state index in [1.807, 2.05) is 48.5 Å². The summed E-state index contributed by atoms with van der Waals surface area (Å²) in [6.07, 6.45) is 0. The second-order valence-corrected chi connectivity index (χ2v) is 5.09. The first-order valence-corrected chi connectivity index (χ1v) is 6.88. The number of hydrogen-bond donors (Lipinski definition) is 0. The largest absolute Gasteiger partial charge is 0.456 e. The van der Waals surface area contributed by atoms with Gasteiger partial charge in [0.15, 0.2) is 0 Å². The molecule has 0 saturated carbocycles. The van der Waals surface area contributed by atoms with Crippen molar-refractivity contribution in [1.29, 1.82) is 5.26 Å². The molecule has 104 valence electrons. The van der Waals surface area contributed by atoms with Gasteiger partial charge in [0, 0.05) is 16.3 Å². The van der Waals surface area contributed by atoms with Crippen molar-refractivity contribution >= 4 is 21.9 Å². The smallest absolute Gasteiger partial charge is 0.148 e. The van der Waals surface area contributed by atoms with Crippen LogP contribution in [0.4, 0.5) is 4.39 Å².